The molecule has 0 aliphatic heterocycles. The lowest BCUT2D eigenvalue weighted by molar-refractivity contribution is 0.103. The molecule has 0 radical (unpaired) electrons. The number of hydrogen-bond acceptors (Lipinski definition) is 3. The summed E-state index contributed by atoms with van der Waals surface area (Å²) in [5, 5.41) is 4.12. The topological polar surface area (TPSA) is 44.1 Å². The van der Waals surface area contributed by atoms with E-state index in [4.69, 9.17) is 4.74 Å². The van der Waals surface area contributed by atoms with Crippen LogP contribution in [0.25, 0.3) is 0 Å². The number of aryl methyl sites for hydroxylation is 1. The summed E-state index contributed by atoms with van der Waals surface area (Å²) in [6.07, 6.45) is 4.31. The number of aromatic nitrogens is 2. The third-order valence-corrected chi connectivity index (χ3v) is 2.79. The van der Waals surface area contributed by atoms with Gasteiger partial charge in [0.15, 0.2) is 5.78 Å². The van der Waals surface area contributed by atoms with Gasteiger partial charge in [-0.3, -0.25) is 9.48 Å². The third-order valence-electron chi connectivity index (χ3n) is 2.79. The fourth-order valence-corrected chi connectivity index (χ4v) is 1.77. The van der Waals surface area contributed by atoms with E-state index in [1.54, 1.807) is 29.2 Å². The van der Waals surface area contributed by atoms with Gasteiger partial charge in [0.05, 0.1) is 18.4 Å². The largest absolute Gasteiger partial charge is 0.494 e. The molecule has 0 unspecified atom stereocenters. The molecule has 0 amide bonds. The molecule has 2 rings (SSSR count). The van der Waals surface area contributed by atoms with E-state index < -0.39 is 0 Å². The van der Waals surface area contributed by atoms with Gasteiger partial charge in [0.25, 0.3) is 0 Å². The van der Waals surface area contributed by atoms with E-state index in [-0.39, 0.29) is 5.78 Å². The van der Waals surface area contributed by atoms with Crippen LogP contribution in [0, 0.1) is 0 Å². The lowest BCUT2D eigenvalue weighted by Crippen LogP contribution is -2.02. The van der Waals surface area contributed by atoms with Gasteiger partial charge in [0.1, 0.15) is 5.75 Å². The van der Waals surface area contributed by atoms with Crippen molar-refractivity contribution in [2.45, 2.75) is 26.8 Å². The molecular formula is C15H18N2O2. The Kier molecular flexibility index (Phi) is 4.34. The van der Waals surface area contributed by atoms with Crippen molar-refractivity contribution in [2.75, 3.05) is 6.61 Å². The standard InChI is InChI=1S/C15H18N2O2/c1-3-8-19-14-7-5-6-12(9-14)15(18)13-10-16-17(4-2)11-13/h5-7,9-11H,3-4,8H2,1-2H3. The molecule has 1 aromatic heterocycles. The van der Waals surface area contributed by atoms with Crippen LogP contribution in [0.3, 0.4) is 0 Å². The Balaban J connectivity index is 2.18. The van der Waals surface area contributed by atoms with Crippen LogP contribution < -0.4 is 4.74 Å². The average molecular weight is 258 g/mol. The zero-order valence-electron chi connectivity index (χ0n) is 11.3. The van der Waals surface area contributed by atoms with E-state index in [1.165, 1.54) is 0 Å². The first-order chi connectivity index (χ1) is 9.24. The third kappa shape index (κ3) is 3.22. The number of rotatable bonds is 6. The Hall–Kier alpha value is -2.10. The van der Waals surface area contributed by atoms with Crippen LogP contribution in [-0.2, 0) is 6.54 Å². The van der Waals surface area contributed by atoms with Gasteiger partial charge >= 0.3 is 0 Å². The number of ether oxygens (including phenoxy) is 1. The van der Waals surface area contributed by atoms with E-state index in [2.05, 4.69) is 5.10 Å². The van der Waals surface area contributed by atoms with Crippen molar-refractivity contribution in [3.05, 3.63) is 47.8 Å². The predicted molar refractivity (Wildman–Crippen MR) is 73.6 cm³/mol. The minimum absolute atomic E-state index is 0.0263. The Morgan fingerprint density at radius 1 is 1.32 bits per heavy atom. The first kappa shape index (κ1) is 13.3. The maximum Gasteiger partial charge on any atom is 0.196 e. The van der Waals surface area contributed by atoms with Crippen molar-refractivity contribution in [2.24, 2.45) is 0 Å². The van der Waals surface area contributed by atoms with Crippen LogP contribution >= 0.6 is 0 Å². The average Bonchev–Trinajstić information content (AvgIpc) is 2.93. The fraction of sp³-hybridized carbons (Fsp3) is 0.333. The summed E-state index contributed by atoms with van der Waals surface area (Å²) in [4.78, 5) is 12.3. The van der Waals surface area contributed by atoms with Crippen molar-refractivity contribution in [1.82, 2.24) is 9.78 Å². The van der Waals surface area contributed by atoms with Crippen LogP contribution in [-0.4, -0.2) is 22.2 Å². The second-order valence-electron chi connectivity index (χ2n) is 4.29. The molecule has 0 saturated heterocycles. The van der Waals surface area contributed by atoms with Crippen molar-refractivity contribution < 1.29 is 9.53 Å². The molecule has 19 heavy (non-hydrogen) atoms. The van der Waals surface area contributed by atoms with Crippen molar-refractivity contribution in [3.63, 3.8) is 0 Å². The SMILES string of the molecule is CCCOc1cccc(C(=O)c2cnn(CC)c2)c1. The minimum atomic E-state index is -0.0263. The number of carbonyl (C=O) groups excluding carboxylic acids is 1. The van der Waals surface area contributed by atoms with Crippen molar-refractivity contribution in [1.29, 1.82) is 0 Å². The van der Waals surface area contributed by atoms with E-state index in [1.807, 2.05) is 26.0 Å². The molecule has 1 heterocycles. The van der Waals surface area contributed by atoms with E-state index >= 15 is 0 Å². The van der Waals surface area contributed by atoms with Gasteiger partial charge in [-0.1, -0.05) is 19.1 Å². The summed E-state index contributed by atoms with van der Waals surface area (Å²) >= 11 is 0. The van der Waals surface area contributed by atoms with Crippen LogP contribution in [0.4, 0.5) is 0 Å². The molecule has 0 fully saturated rings. The molecule has 4 heteroatoms. The minimum Gasteiger partial charge on any atom is -0.494 e. The lowest BCUT2D eigenvalue weighted by Gasteiger charge is -2.05. The maximum atomic E-state index is 12.3. The monoisotopic (exact) mass is 258 g/mol. The molecule has 0 bridgehead atoms. The van der Waals surface area contributed by atoms with Gasteiger partial charge in [-0.05, 0) is 25.5 Å². The first-order valence-corrected chi connectivity index (χ1v) is 6.54. The second-order valence-corrected chi connectivity index (χ2v) is 4.29. The highest BCUT2D eigenvalue weighted by Gasteiger charge is 2.11. The van der Waals surface area contributed by atoms with Crippen molar-refractivity contribution in [3.8, 4) is 5.75 Å². The molecule has 0 aliphatic carbocycles. The highest BCUT2D eigenvalue weighted by Crippen LogP contribution is 2.16. The molecule has 100 valence electrons. The quantitative estimate of drug-likeness (QED) is 0.748. The molecule has 0 atom stereocenters. The molecule has 0 spiro atoms. The zero-order chi connectivity index (χ0) is 13.7. The second kappa shape index (κ2) is 6.18. The van der Waals surface area contributed by atoms with Crippen LogP contribution in [0.2, 0.25) is 0 Å². The summed E-state index contributed by atoms with van der Waals surface area (Å²) in [6, 6.07) is 7.27. The Bertz CT molecular complexity index is 561. The summed E-state index contributed by atoms with van der Waals surface area (Å²) in [5.41, 5.74) is 1.23. The van der Waals surface area contributed by atoms with Crippen LogP contribution in [0.15, 0.2) is 36.7 Å². The first-order valence-electron chi connectivity index (χ1n) is 6.54. The highest BCUT2D eigenvalue weighted by molar-refractivity contribution is 6.08. The number of carbonyl (C=O) groups is 1. The molecular weight excluding hydrogens is 240 g/mol. The summed E-state index contributed by atoms with van der Waals surface area (Å²) in [6.45, 7) is 5.45. The molecule has 2 aromatic rings. The maximum absolute atomic E-state index is 12.3. The van der Waals surface area contributed by atoms with Gasteiger partial charge < -0.3 is 4.74 Å². The Morgan fingerprint density at radius 2 is 2.16 bits per heavy atom. The zero-order valence-corrected chi connectivity index (χ0v) is 11.3. The summed E-state index contributed by atoms with van der Waals surface area (Å²) in [5.74, 6) is 0.706. The van der Waals surface area contributed by atoms with Crippen molar-refractivity contribution >= 4 is 5.78 Å². The Morgan fingerprint density at radius 3 is 2.84 bits per heavy atom. The molecule has 0 N–H and O–H groups in total. The normalized spacial score (nSPS) is 10.4. The molecule has 4 nitrogen and oxygen atoms in total. The van der Waals surface area contributed by atoms with Crippen LogP contribution in [0.1, 0.15) is 36.2 Å². The lowest BCUT2D eigenvalue weighted by atomic mass is 10.1. The van der Waals surface area contributed by atoms with E-state index in [0.29, 0.717) is 17.7 Å². The predicted octanol–water partition coefficient (Wildman–Crippen LogP) is 2.92. The van der Waals surface area contributed by atoms with Gasteiger partial charge in [0, 0.05) is 18.3 Å². The van der Waals surface area contributed by atoms with Gasteiger partial charge in [-0.15, -0.1) is 0 Å². The summed E-state index contributed by atoms with van der Waals surface area (Å²) in [7, 11) is 0. The highest BCUT2D eigenvalue weighted by atomic mass is 16.5. The molecule has 0 saturated carbocycles. The van der Waals surface area contributed by atoms with Gasteiger partial charge in [-0.2, -0.15) is 5.10 Å². The Labute approximate surface area is 113 Å². The molecule has 0 aliphatic rings. The fourth-order valence-electron chi connectivity index (χ4n) is 1.77. The van der Waals surface area contributed by atoms with E-state index in [9.17, 15) is 4.79 Å². The number of hydrogen-bond donors (Lipinski definition) is 0. The van der Waals surface area contributed by atoms with Gasteiger partial charge in [0.2, 0.25) is 0 Å². The number of nitrogens with zero attached hydrogens (tertiary/aromatic N) is 2. The molecule has 1 aromatic carbocycles. The number of benzene rings is 1. The van der Waals surface area contributed by atoms with Crippen LogP contribution in [0.5, 0.6) is 5.75 Å². The van der Waals surface area contributed by atoms with E-state index in [0.717, 1.165) is 18.7 Å². The summed E-state index contributed by atoms with van der Waals surface area (Å²) < 4.78 is 7.28. The smallest absolute Gasteiger partial charge is 0.196 e. The number of ketones is 1. The van der Waals surface area contributed by atoms with Gasteiger partial charge in [-0.25, -0.2) is 0 Å².